The average molecular weight is 279 g/mol. The number of benzene rings is 1. The van der Waals surface area contributed by atoms with E-state index in [1.807, 2.05) is 0 Å². The van der Waals surface area contributed by atoms with Crippen molar-refractivity contribution in [3.05, 3.63) is 52.2 Å². The highest BCUT2D eigenvalue weighted by molar-refractivity contribution is 5.87. The Balaban J connectivity index is 2.34. The third kappa shape index (κ3) is 2.66. The Hall–Kier alpha value is -3.10. The van der Waals surface area contributed by atoms with Gasteiger partial charge in [0, 0.05) is 24.5 Å². The molecule has 1 aromatic carbocycles. The summed E-state index contributed by atoms with van der Waals surface area (Å²) in [5.41, 5.74) is -1.17. The summed E-state index contributed by atoms with van der Waals surface area (Å²) in [4.78, 5) is 27.7. The number of halogens is 1. The Labute approximate surface area is 110 Å². The van der Waals surface area contributed by atoms with Crippen molar-refractivity contribution < 1.29 is 24.0 Å². The van der Waals surface area contributed by atoms with Crippen molar-refractivity contribution in [1.82, 2.24) is 9.97 Å². The molecule has 2 rings (SSSR count). The summed E-state index contributed by atoms with van der Waals surface area (Å²) in [6, 6.07) is 2.79. The molecule has 0 aliphatic carbocycles. The predicted octanol–water partition coefficient (Wildman–Crippen LogP) is 2.01. The maximum atomic E-state index is 13.4. The molecule has 0 amide bonds. The van der Waals surface area contributed by atoms with E-state index < -0.39 is 28.1 Å². The number of nitro benzene ring substituents is 1. The lowest BCUT2D eigenvalue weighted by Crippen LogP contribution is -2.04. The van der Waals surface area contributed by atoms with Crippen molar-refractivity contribution in [3.8, 4) is 11.6 Å². The molecule has 102 valence electrons. The molecule has 1 heterocycles. The first-order chi connectivity index (χ1) is 9.49. The second-order valence-electron chi connectivity index (χ2n) is 3.49. The number of nitrogens with zero attached hydrogens (tertiary/aromatic N) is 3. The van der Waals surface area contributed by atoms with Gasteiger partial charge in [0.15, 0.2) is 0 Å². The number of carboxylic acids is 1. The second-order valence-corrected chi connectivity index (χ2v) is 3.49. The van der Waals surface area contributed by atoms with Gasteiger partial charge in [-0.15, -0.1) is 0 Å². The van der Waals surface area contributed by atoms with Crippen LogP contribution in [0.15, 0.2) is 30.6 Å². The molecule has 0 radical (unpaired) electrons. The molecule has 8 nitrogen and oxygen atoms in total. The average Bonchev–Trinajstić information content (AvgIpc) is 2.38. The van der Waals surface area contributed by atoms with Gasteiger partial charge in [0.2, 0.25) is 11.5 Å². The number of aromatic nitrogens is 2. The fraction of sp³-hybridized carbons (Fsp3) is 0. The van der Waals surface area contributed by atoms with Crippen LogP contribution in [0.2, 0.25) is 0 Å². The standard InChI is InChI=1S/C11H6FN3O5/c12-7-5-6(1-2-8(7)15(18)19)20-10-9(11(16)17)13-3-4-14-10/h1-5H,(H,16,17). The Bertz CT molecular complexity index is 692. The summed E-state index contributed by atoms with van der Waals surface area (Å²) in [6.07, 6.45) is 2.36. The largest absolute Gasteiger partial charge is 0.476 e. The lowest BCUT2D eigenvalue weighted by Gasteiger charge is -2.06. The Kier molecular flexibility index (Phi) is 3.51. The third-order valence-corrected chi connectivity index (χ3v) is 2.20. The molecule has 1 N–H and O–H groups in total. The number of carbonyl (C=O) groups is 1. The van der Waals surface area contributed by atoms with Crippen LogP contribution in [-0.2, 0) is 0 Å². The van der Waals surface area contributed by atoms with Gasteiger partial charge in [0.25, 0.3) is 5.88 Å². The Morgan fingerprint density at radius 2 is 2.05 bits per heavy atom. The summed E-state index contributed by atoms with van der Waals surface area (Å²) in [5.74, 6) is -2.94. The van der Waals surface area contributed by atoms with Gasteiger partial charge >= 0.3 is 11.7 Å². The number of hydrogen-bond acceptors (Lipinski definition) is 6. The monoisotopic (exact) mass is 279 g/mol. The zero-order valence-corrected chi connectivity index (χ0v) is 9.69. The molecule has 0 bridgehead atoms. The molecular formula is C11H6FN3O5. The van der Waals surface area contributed by atoms with Gasteiger partial charge in [-0.2, -0.15) is 4.39 Å². The second kappa shape index (κ2) is 5.26. The van der Waals surface area contributed by atoms with Gasteiger partial charge < -0.3 is 9.84 Å². The highest BCUT2D eigenvalue weighted by Gasteiger charge is 2.18. The molecule has 0 saturated carbocycles. The van der Waals surface area contributed by atoms with Gasteiger partial charge in [-0.3, -0.25) is 10.1 Å². The molecule has 20 heavy (non-hydrogen) atoms. The van der Waals surface area contributed by atoms with E-state index in [9.17, 15) is 19.3 Å². The van der Waals surface area contributed by atoms with Crippen molar-refractivity contribution in [2.75, 3.05) is 0 Å². The number of nitro groups is 1. The number of rotatable bonds is 4. The Morgan fingerprint density at radius 3 is 2.65 bits per heavy atom. The van der Waals surface area contributed by atoms with E-state index in [1.54, 1.807) is 0 Å². The third-order valence-electron chi connectivity index (χ3n) is 2.20. The minimum absolute atomic E-state index is 0.129. The van der Waals surface area contributed by atoms with Crippen LogP contribution >= 0.6 is 0 Å². The van der Waals surface area contributed by atoms with Crippen LogP contribution in [0.4, 0.5) is 10.1 Å². The fourth-order valence-electron chi connectivity index (χ4n) is 1.36. The normalized spacial score (nSPS) is 10.1. The minimum Gasteiger partial charge on any atom is -0.476 e. The fourth-order valence-corrected chi connectivity index (χ4v) is 1.36. The molecule has 0 unspecified atom stereocenters. The van der Waals surface area contributed by atoms with Crippen LogP contribution in [0, 0.1) is 15.9 Å². The highest BCUT2D eigenvalue weighted by atomic mass is 19.1. The first-order valence-electron chi connectivity index (χ1n) is 5.15. The van der Waals surface area contributed by atoms with Gasteiger partial charge in [-0.05, 0) is 6.07 Å². The number of ether oxygens (including phenoxy) is 1. The first kappa shape index (κ1) is 13.3. The van der Waals surface area contributed by atoms with E-state index >= 15 is 0 Å². The lowest BCUT2D eigenvalue weighted by atomic mass is 10.3. The summed E-state index contributed by atoms with van der Waals surface area (Å²) in [5, 5.41) is 19.3. The van der Waals surface area contributed by atoms with Crippen LogP contribution in [0.25, 0.3) is 0 Å². The van der Waals surface area contributed by atoms with Crippen molar-refractivity contribution >= 4 is 11.7 Å². The van der Waals surface area contributed by atoms with Crippen molar-refractivity contribution in [2.24, 2.45) is 0 Å². The van der Waals surface area contributed by atoms with Crippen molar-refractivity contribution in [2.45, 2.75) is 0 Å². The van der Waals surface area contributed by atoms with E-state index in [2.05, 4.69) is 9.97 Å². The Morgan fingerprint density at radius 1 is 1.35 bits per heavy atom. The summed E-state index contributed by atoms with van der Waals surface area (Å²) >= 11 is 0. The smallest absolute Gasteiger partial charge is 0.360 e. The van der Waals surface area contributed by atoms with E-state index in [1.165, 1.54) is 6.20 Å². The predicted molar refractivity (Wildman–Crippen MR) is 62.1 cm³/mol. The topological polar surface area (TPSA) is 115 Å². The molecule has 0 aliphatic heterocycles. The molecule has 0 atom stereocenters. The van der Waals surface area contributed by atoms with Crippen LogP contribution in [0.5, 0.6) is 11.6 Å². The van der Waals surface area contributed by atoms with E-state index in [0.29, 0.717) is 0 Å². The zero-order valence-electron chi connectivity index (χ0n) is 9.69. The van der Waals surface area contributed by atoms with Crippen LogP contribution in [0.1, 0.15) is 10.5 Å². The van der Waals surface area contributed by atoms with E-state index in [-0.39, 0.29) is 11.6 Å². The maximum absolute atomic E-state index is 13.4. The molecule has 1 aromatic heterocycles. The highest BCUT2D eigenvalue weighted by Crippen LogP contribution is 2.26. The van der Waals surface area contributed by atoms with Crippen molar-refractivity contribution in [3.63, 3.8) is 0 Å². The quantitative estimate of drug-likeness (QED) is 0.672. The lowest BCUT2D eigenvalue weighted by molar-refractivity contribution is -0.387. The molecule has 9 heteroatoms. The van der Waals surface area contributed by atoms with Gasteiger partial charge in [-0.1, -0.05) is 0 Å². The number of aromatic carboxylic acids is 1. The van der Waals surface area contributed by atoms with Gasteiger partial charge in [0.1, 0.15) is 5.75 Å². The molecule has 0 spiro atoms. The molecule has 0 fully saturated rings. The SMILES string of the molecule is O=C(O)c1nccnc1Oc1ccc([N+](=O)[O-])c(F)c1. The van der Waals surface area contributed by atoms with E-state index in [4.69, 9.17) is 9.84 Å². The van der Waals surface area contributed by atoms with Crippen molar-refractivity contribution in [1.29, 1.82) is 0 Å². The van der Waals surface area contributed by atoms with Gasteiger partial charge in [-0.25, -0.2) is 14.8 Å². The summed E-state index contributed by atoms with van der Waals surface area (Å²) in [6.45, 7) is 0. The van der Waals surface area contributed by atoms with Crippen LogP contribution in [0.3, 0.4) is 0 Å². The maximum Gasteiger partial charge on any atom is 0.360 e. The molecule has 2 aromatic rings. The van der Waals surface area contributed by atoms with E-state index in [0.717, 1.165) is 24.4 Å². The summed E-state index contributed by atoms with van der Waals surface area (Å²) in [7, 11) is 0. The number of hydrogen-bond donors (Lipinski definition) is 1. The van der Waals surface area contributed by atoms with Crippen LogP contribution < -0.4 is 4.74 Å². The summed E-state index contributed by atoms with van der Waals surface area (Å²) < 4.78 is 18.5. The number of carboxylic acid groups (broad SMARTS) is 1. The minimum atomic E-state index is -1.37. The first-order valence-corrected chi connectivity index (χ1v) is 5.15. The van der Waals surface area contributed by atoms with Crippen LogP contribution in [-0.4, -0.2) is 26.0 Å². The molecular weight excluding hydrogens is 273 g/mol. The zero-order chi connectivity index (χ0) is 14.7. The molecule has 0 aliphatic rings. The van der Waals surface area contributed by atoms with Gasteiger partial charge in [0.05, 0.1) is 4.92 Å². The molecule has 0 saturated heterocycles.